The van der Waals surface area contributed by atoms with Gasteiger partial charge in [-0.05, 0) is 68.5 Å². The standard InChI is InChI=1S/C24H28FN5O/c1-15-14-16(8-13-20(15)25)23(31)26-17-9-11-18(12-10-17)27-24-28-21-7-5-4-6-19(21)22(29-24)30(2)3/h4-8,13-14,17-18H,9-12H2,1-3H3,(H,26,31)(H,27,28,29)/t17-,18+. The minimum atomic E-state index is -0.295. The summed E-state index contributed by atoms with van der Waals surface area (Å²) in [5.41, 5.74) is 1.90. The van der Waals surface area contributed by atoms with Gasteiger partial charge in [0.2, 0.25) is 5.95 Å². The fraction of sp³-hybridized carbons (Fsp3) is 0.375. The minimum absolute atomic E-state index is 0.116. The second-order valence-electron chi connectivity index (χ2n) is 8.41. The van der Waals surface area contributed by atoms with Gasteiger partial charge < -0.3 is 15.5 Å². The smallest absolute Gasteiger partial charge is 0.251 e. The van der Waals surface area contributed by atoms with Crippen LogP contribution in [0, 0.1) is 12.7 Å². The first kappa shape index (κ1) is 21.0. The fourth-order valence-corrected chi connectivity index (χ4v) is 4.08. The molecular formula is C24H28FN5O. The van der Waals surface area contributed by atoms with Crippen molar-refractivity contribution < 1.29 is 9.18 Å². The highest BCUT2D eigenvalue weighted by Gasteiger charge is 2.24. The second-order valence-corrected chi connectivity index (χ2v) is 8.41. The third kappa shape index (κ3) is 4.76. The van der Waals surface area contributed by atoms with Crippen molar-refractivity contribution in [1.82, 2.24) is 15.3 Å². The van der Waals surface area contributed by atoms with E-state index in [0.717, 1.165) is 42.4 Å². The molecule has 1 aliphatic rings. The molecule has 0 radical (unpaired) electrons. The number of nitrogens with one attached hydrogen (secondary N) is 2. The molecule has 1 saturated carbocycles. The zero-order valence-electron chi connectivity index (χ0n) is 18.2. The molecule has 0 saturated heterocycles. The van der Waals surface area contributed by atoms with Gasteiger partial charge in [0.05, 0.1) is 5.52 Å². The van der Waals surface area contributed by atoms with E-state index >= 15 is 0 Å². The molecule has 6 nitrogen and oxygen atoms in total. The molecule has 4 rings (SSSR count). The molecular weight excluding hydrogens is 393 g/mol. The van der Waals surface area contributed by atoms with E-state index in [1.807, 2.05) is 43.3 Å². The summed E-state index contributed by atoms with van der Waals surface area (Å²) in [7, 11) is 3.96. The first-order valence-electron chi connectivity index (χ1n) is 10.7. The maximum Gasteiger partial charge on any atom is 0.251 e. The minimum Gasteiger partial charge on any atom is -0.362 e. The van der Waals surface area contributed by atoms with E-state index in [4.69, 9.17) is 4.98 Å². The number of aryl methyl sites for hydroxylation is 1. The van der Waals surface area contributed by atoms with Crippen LogP contribution in [0.1, 0.15) is 41.6 Å². The van der Waals surface area contributed by atoms with E-state index in [1.165, 1.54) is 12.1 Å². The van der Waals surface area contributed by atoms with Crippen molar-refractivity contribution in [1.29, 1.82) is 0 Å². The lowest BCUT2D eigenvalue weighted by Gasteiger charge is -2.30. The van der Waals surface area contributed by atoms with Crippen LogP contribution < -0.4 is 15.5 Å². The van der Waals surface area contributed by atoms with Gasteiger partial charge in [0.25, 0.3) is 5.91 Å². The third-order valence-electron chi connectivity index (χ3n) is 5.82. The molecule has 2 aromatic carbocycles. The number of carbonyl (C=O) groups is 1. The molecule has 0 unspecified atom stereocenters. The molecule has 1 aliphatic carbocycles. The number of anilines is 2. The van der Waals surface area contributed by atoms with Gasteiger partial charge in [-0.25, -0.2) is 9.37 Å². The molecule has 1 heterocycles. The highest BCUT2D eigenvalue weighted by Crippen LogP contribution is 2.26. The van der Waals surface area contributed by atoms with Crippen molar-refractivity contribution in [2.45, 2.75) is 44.7 Å². The fourth-order valence-electron chi connectivity index (χ4n) is 4.08. The van der Waals surface area contributed by atoms with Crippen LogP contribution in [0.2, 0.25) is 0 Å². The van der Waals surface area contributed by atoms with Crippen molar-refractivity contribution >= 4 is 28.6 Å². The summed E-state index contributed by atoms with van der Waals surface area (Å²) in [6, 6.07) is 12.9. The number of amides is 1. The Morgan fingerprint density at radius 3 is 2.45 bits per heavy atom. The van der Waals surface area contributed by atoms with Crippen LogP contribution >= 0.6 is 0 Å². The van der Waals surface area contributed by atoms with Crippen LogP contribution in [0.3, 0.4) is 0 Å². The average molecular weight is 422 g/mol. The van der Waals surface area contributed by atoms with Crippen molar-refractivity contribution in [3.8, 4) is 0 Å². The van der Waals surface area contributed by atoms with Gasteiger partial charge in [0.15, 0.2) is 0 Å². The molecule has 1 aromatic heterocycles. The third-order valence-corrected chi connectivity index (χ3v) is 5.82. The maximum absolute atomic E-state index is 13.4. The number of para-hydroxylation sites is 1. The number of fused-ring (bicyclic) bond motifs is 1. The molecule has 2 N–H and O–H groups in total. The molecule has 31 heavy (non-hydrogen) atoms. The number of nitrogens with zero attached hydrogens (tertiary/aromatic N) is 3. The average Bonchev–Trinajstić information content (AvgIpc) is 2.76. The Morgan fingerprint density at radius 2 is 1.74 bits per heavy atom. The molecule has 0 bridgehead atoms. The summed E-state index contributed by atoms with van der Waals surface area (Å²) < 4.78 is 13.4. The number of aromatic nitrogens is 2. The Balaban J connectivity index is 1.37. The lowest BCUT2D eigenvalue weighted by atomic mass is 9.91. The Hall–Kier alpha value is -3.22. The number of benzene rings is 2. The van der Waals surface area contributed by atoms with E-state index in [9.17, 15) is 9.18 Å². The molecule has 162 valence electrons. The van der Waals surface area contributed by atoms with Crippen LogP contribution in [0.5, 0.6) is 0 Å². The molecule has 1 fully saturated rings. The number of halogens is 1. The Kier molecular flexibility index (Phi) is 6.02. The summed E-state index contributed by atoms with van der Waals surface area (Å²) in [5.74, 6) is 1.09. The summed E-state index contributed by atoms with van der Waals surface area (Å²) in [4.78, 5) is 23.9. The topological polar surface area (TPSA) is 70.2 Å². The van der Waals surface area contributed by atoms with Crippen LogP contribution in [0.15, 0.2) is 42.5 Å². The quantitative estimate of drug-likeness (QED) is 0.643. The van der Waals surface area contributed by atoms with Gasteiger partial charge in [-0.15, -0.1) is 0 Å². The lowest BCUT2D eigenvalue weighted by molar-refractivity contribution is 0.0926. The maximum atomic E-state index is 13.4. The highest BCUT2D eigenvalue weighted by atomic mass is 19.1. The summed E-state index contributed by atoms with van der Waals surface area (Å²) in [5, 5.41) is 7.60. The summed E-state index contributed by atoms with van der Waals surface area (Å²) >= 11 is 0. The van der Waals surface area contributed by atoms with E-state index < -0.39 is 0 Å². The van der Waals surface area contributed by atoms with Crippen molar-refractivity contribution in [3.05, 3.63) is 59.4 Å². The number of rotatable bonds is 5. The number of hydrogen-bond donors (Lipinski definition) is 2. The van der Waals surface area contributed by atoms with Gasteiger partial charge in [-0.2, -0.15) is 4.98 Å². The summed E-state index contributed by atoms with van der Waals surface area (Å²) in [6.07, 6.45) is 3.58. The van der Waals surface area contributed by atoms with E-state index in [0.29, 0.717) is 17.1 Å². The monoisotopic (exact) mass is 421 g/mol. The van der Waals surface area contributed by atoms with Crippen LogP contribution in [-0.2, 0) is 0 Å². The largest absolute Gasteiger partial charge is 0.362 e. The van der Waals surface area contributed by atoms with Crippen LogP contribution in [0.25, 0.3) is 10.9 Å². The zero-order valence-corrected chi connectivity index (χ0v) is 18.2. The van der Waals surface area contributed by atoms with E-state index in [2.05, 4.69) is 15.6 Å². The Labute approximate surface area is 181 Å². The Bertz CT molecular complexity index is 1090. The van der Waals surface area contributed by atoms with E-state index in [1.54, 1.807) is 13.0 Å². The number of hydrogen-bond acceptors (Lipinski definition) is 5. The lowest BCUT2D eigenvalue weighted by Crippen LogP contribution is -2.40. The predicted octanol–water partition coefficient (Wildman–Crippen LogP) is 4.30. The predicted molar refractivity (Wildman–Crippen MR) is 122 cm³/mol. The van der Waals surface area contributed by atoms with Crippen LogP contribution in [-0.4, -0.2) is 42.1 Å². The Morgan fingerprint density at radius 1 is 1.03 bits per heavy atom. The summed E-state index contributed by atoms with van der Waals surface area (Å²) in [6.45, 7) is 1.67. The van der Waals surface area contributed by atoms with Gasteiger partial charge >= 0.3 is 0 Å². The molecule has 0 atom stereocenters. The SMILES string of the molecule is Cc1cc(C(=O)N[C@H]2CC[C@@H](Nc3nc(N(C)C)c4ccccc4n3)CC2)ccc1F. The molecule has 3 aromatic rings. The molecule has 0 aliphatic heterocycles. The molecule has 0 spiro atoms. The first-order valence-corrected chi connectivity index (χ1v) is 10.7. The van der Waals surface area contributed by atoms with Crippen LogP contribution in [0.4, 0.5) is 16.2 Å². The van der Waals surface area contributed by atoms with Crippen molar-refractivity contribution in [2.75, 3.05) is 24.3 Å². The van der Waals surface area contributed by atoms with E-state index in [-0.39, 0.29) is 23.8 Å². The van der Waals surface area contributed by atoms with Crippen molar-refractivity contribution in [2.24, 2.45) is 0 Å². The van der Waals surface area contributed by atoms with Crippen molar-refractivity contribution in [3.63, 3.8) is 0 Å². The van der Waals surface area contributed by atoms with Gasteiger partial charge in [0.1, 0.15) is 11.6 Å². The second kappa shape index (κ2) is 8.88. The zero-order chi connectivity index (χ0) is 22.0. The highest BCUT2D eigenvalue weighted by molar-refractivity contribution is 5.94. The number of carbonyl (C=O) groups excluding carboxylic acids is 1. The van der Waals surface area contributed by atoms with Gasteiger partial charge in [0, 0.05) is 37.1 Å². The van der Waals surface area contributed by atoms with Gasteiger partial charge in [-0.1, -0.05) is 12.1 Å². The van der Waals surface area contributed by atoms with Gasteiger partial charge in [-0.3, -0.25) is 4.79 Å². The molecule has 1 amide bonds. The molecule has 7 heteroatoms. The normalized spacial score (nSPS) is 18.6. The first-order chi connectivity index (χ1) is 14.9.